The van der Waals surface area contributed by atoms with Crippen LogP contribution in [0.25, 0.3) is 0 Å². The van der Waals surface area contributed by atoms with Crippen molar-refractivity contribution in [3.05, 3.63) is 48.2 Å². The zero-order valence-corrected chi connectivity index (χ0v) is 11.3. The van der Waals surface area contributed by atoms with Crippen LogP contribution in [0.5, 0.6) is 11.6 Å². The highest BCUT2D eigenvalue weighted by molar-refractivity contribution is 5.90. The van der Waals surface area contributed by atoms with Crippen molar-refractivity contribution in [3.63, 3.8) is 0 Å². The zero-order valence-electron chi connectivity index (χ0n) is 11.3. The first kappa shape index (κ1) is 14.0. The Morgan fingerprint density at radius 1 is 1.35 bits per heavy atom. The van der Waals surface area contributed by atoms with E-state index in [4.69, 9.17) is 4.74 Å². The average Bonchev–Trinajstić information content (AvgIpc) is 2.41. The number of anilines is 1. The number of carbonyl (C=O) groups is 1. The minimum absolute atomic E-state index is 0.174. The number of nitrogens with one attached hydrogen (secondary N) is 1. The van der Waals surface area contributed by atoms with Gasteiger partial charge in [-0.25, -0.2) is 4.98 Å². The molecule has 0 aliphatic heterocycles. The smallest absolute Gasteiger partial charge is 0.221 e. The topological polar surface area (TPSA) is 71.5 Å². The fourth-order valence-corrected chi connectivity index (χ4v) is 1.70. The van der Waals surface area contributed by atoms with Gasteiger partial charge in [0.25, 0.3) is 0 Å². The number of amides is 1. The van der Waals surface area contributed by atoms with Crippen molar-refractivity contribution in [1.82, 2.24) is 4.98 Å². The first-order chi connectivity index (χ1) is 9.56. The molecule has 0 aliphatic carbocycles. The van der Waals surface area contributed by atoms with Gasteiger partial charge in [0, 0.05) is 19.2 Å². The number of aliphatic hydroxyl groups is 1. The maximum Gasteiger partial charge on any atom is 0.221 e. The molecule has 20 heavy (non-hydrogen) atoms. The summed E-state index contributed by atoms with van der Waals surface area (Å²) >= 11 is 0. The lowest BCUT2D eigenvalue weighted by molar-refractivity contribution is -0.114. The van der Waals surface area contributed by atoms with Gasteiger partial charge in [-0.15, -0.1) is 0 Å². The molecule has 2 N–H and O–H groups in total. The van der Waals surface area contributed by atoms with Crippen molar-refractivity contribution in [2.45, 2.75) is 20.0 Å². The molecule has 1 aromatic heterocycles. The molecule has 0 unspecified atom stereocenters. The molecule has 0 saturated carbocycles. The molecule has 2 aromatic rings. The summed E-state index contributed by atoms with van der Waals surface area (Å²) in [6.07, 6.45) is 0.976. The Bertz CT molecular complexity index is 612. The Balaban J connectivity index is 2.25. The fourth-order valence-electron chi connectivity index (χ4n) is 1.70. The normalized spacial score (nSPS) is 11.8. The molecule has 1 aromatic carbocycles. The number of hydrogen-bond donors (Lipinski definition) is 2. The molecule has 0 radical (unpaired) electrons. The van der Waals surface area contributed by atoms with E-state index in [-0.39, 0.29) is 5.91 Å². The monoisotopic (exact) mass is 272 g/mol. The first-order valence-electron chi connectivity index (χ1n) is 6.25. The van der Waals surface area contributed by atoms with E-state index >= 15 is 0 Å². The van der Waals surface area contributed by atoms with Gasteiger partial charge in [0.1, 0.15) is 0 Å². The maximum atomic E-state index is 11.1. The summed E-state index contributed by atoms with van der Waals surface area (Å²) in [6, 6.07) is 10.5. The number of ether oxygens (including phenoxy) is 1. The lowest BCUT2D eigenvalue weighted by atomic mass is 10.2. The third kappa shape index (κ3) is 3.55. The third-order valence-corrected chi connectivity index (χ3v) is 2.65. The largest absolute Gasteiger partial charge is 0.437 e. The highest BCUT2D eigenvalue weighted by Gasteiger charge is 2.08. The number of benzene rings is 1. The number of aliphatic hydroxyl groups excluding tert-OH is 1. The Kier molecular flexibility index (Phi) is 4.32. The Labute approximate surface area is 117 Å². The quantitative estimate of drug-likeness (QED) is 0.897. The lowest BCUT2D eigenvalue weighted by Crippen LogP contribution is -2.07. The van der Waals surface area contributed by atoms with Crippen LogP contribution in [0.15, 0.2) is 42.6 Å². The standard InChI is InChI=1S/C15H16N2O3/c1-10(18)12-7-8-16-15(9-12)20-14-6-4-3-5-13(14)17-11(2)19/h3-10,18H,1-2H3,(H,17,19)/t10-/m1/s1. The number of para-hydroxylation sites is 2. The van der Waals surface area contributed by atoms with Gasteiger partial charge >= 0.3 is 0 Å². The van der Waals surface area contributed by atoms with Crippen LogP contribution in [-0.4, -0.2) is 16.0 Å². The predicted octanol–water partition coefficient (Wildman–Crippen LogP) is 2.89. The number of nitrogens with zero attached hydrogens (tertiary/aromatic N) is 1. The number of pyridine rings is 1. The minimum atomic E-state index is -0.592. The van der Waals surface area contributed by atoms with E-state index in [0.29, 0.717) is 22.9 Å². The molecule has 0 bridgehead atoms. The zero-order chi connectivity index (χ0) is 14.5. The van der Waals surface area contributed by atoms with Crippen LogP contribution >= 0.6 is 0 Å². The summed E-state index contributed by atoms with van der Waals surface area (Å²) < 4.78 is 5.66. The van der Waals surface area contributed by atoms with Crippen LogP contribution in [0.1, 0.15) is 25.5 Å². The van der Waals surface area contributed by atoms with Gasteiger partial charge < -0.3 is 15.2 Å². The summed E-state index contributed by atoms with van der Waals surface area (Å²) in [5.41, 5.74) is 1.29. The number of aromatic nitrogens is 1. The highest BCUT2D eigenvalue weighted by atomic mass is 16.5. The summed E-state index contributed by atoms with van der Waals surface area (Å²) in [5.74, 6) is 0.686. The molecular formula is C15H16N2O3. The molecule has 0 spiro atoms. The molecule has 2 rings (SSSR count). The van der Waals surface area contributed by atoms with Crippen LogP contribution in [0.3, 0.4) is 0 Å². The molecule has 0 saturated heterocycles. The van der Waals surface area contributed by atoms with E-state index in [0.717, 1.165) is 0 Å². The first-order valence-corrected chi connectivity index (χ1v) is 6.25. The molecule has 104 valence electrons. The van der Waals surface area contributed by atoms with Gasteiger partial charge in [-0.3, -0.25) is 4.79 Å². The van der Waals surface area contributed by atoms with Crippen LogP contribution in [-0.2, 0) is 4.79 Å². The van der Waals surface area contributed by atoms with Crippen molar-refractivity contribution in [1.29, 1.82) is 0 Å². The Hall–Kier alpha value is -2.40. The lowest BCUT2D eigenvalue weighted by Gasteiger charge is -2.11. The van der Waals surface area contributed by atoms with Crippen LogP contribution in [0.2, 0.25) is 0 Å². The predicted molar refractivity (Wildman–Crippen MR) is 75.7 cm³/mol. The van der Waals surface area contributed by atoms with Gasteiger partial charge in [-0.1, -0.05) is 12.1 Å². The molecule has 0 fully saturated rings. The van der Waals surface area contributed by atoms with E-state index < -0.39 is 6.10 Å². The van der Waals surface area contributed by atoms with E-state index in [2.05, 4.69) is 10.3 Å². The van der Waals surface area contributed by atoms with Gasteiger partial charge in [0.05, 0.1) is 11.8 Å². The molecule has 1 amide bonds. The SMILES string of the molecule is CC(=O)Nc1ccccc1Oc1cc([C@@H](C)O)ccn1. The average molecular weight is 272 g/mol. The number of carbonyl (C=O) groups excluding carboxylic acids is 1. The fraction of sp³-hybridized carbons (Fsp3) is 0.200. The van der Waals surface area contributed by atoms with Crippen molar-refractivity contribution in [2.75, 3.05) is 5.32 Å². The van der Waals surface area contributed by atoms with Crippen molar-refractivity contribution in [3.8, 4) is 11.6 Å². The van der Waals surface area contributed by atoms with Crippen LogP contribution < -0.4 is 10.1 Å². The van der Waals surface area contributed by atoms with Crippen LogP contribution in [0.4, 0.5) is 5.69 Å². The van der Waals surface area contributed by atoms with E-state index in [1.807, 2.05) is 0 Å². The minimum Gasteiger partial charge on any atom is -0.437 e. The Morgan fingerprint density at radius 2 is 2.10 bits per heavy atom. The molecule has 5 heteroatoms. The summed E-state index contributed by atoms with van der Waals surface area (Å²) in [5, 5.41) is 12.2. The molecular weight excluding hydrogens is 256 g/mol. The van der Waals surface area contributed by atoms with Gasteiger partial charge in [0.2, 0.25) is 11.8 Å². The van der Waals surface area contributed by atoms with E-state index in [1.54, 1.807) is 49.5 Å². The van der Waals surface area contributed by atoms with Gasteiger partial charge in [-0.05, 0) is 30.7 Å². The van der Waals surface area contributed by atoms with Crippen molar-refractivity contribution in [2.24, 2.45) is 0 Å². The summed E-state index contributed by atoms with van der Waals surface area (Å²) in [6.45, 7) is 3.10. The second-order valence-corrected chi connectivity index (χ2v) is 4.38. The number of hydrogen-bond acceptors (Lipinski definition) is 4. The van der Waals surface area contributed by atoms with Crippen molar-refractivity contribution < 1.29 is 14.6 Å². The highest BCUT2D eigenvalue weighted by Crippen LogP contribution is 2.29. The second kappa shape index (κ2) is 6.16. The Morgan fingerprint density at radius 3 is 2.80 bits per heavy atom. The van der Waals surface area contributed by atoms with Crippen LogP contribution in [0, 0.1) is 0 Å². The molecule has 1 atom stereocenters. The van der Waals surface area contributed by atoms with E-state index in [1.165, 1.54) is 6.92 Å². The third-order valence-electron chi connectivity index (χ3n) is 2.65. The summed E-state index contributed by atoms with van der Waals surface area (Å²) in [4.78, 5) is 15.2. The second-order valence-electron chi connectivity index (χ2n) is 4.38. The van der Waals surface area contributed by atoms with Gasteiger partial charge in [-0.2, -0.15) is 0 Å². The number of rotatable bonds is 4. The van der Waals surface area contributed by atoms with Gasteiger partial charge in [0.15, 0.2) is 5.75 Å². The van der Waals surface area contributed by atoms with Crippen molar-refractivity contribution >= 4 is 11.6 Å². The van der Waals surface area contributed by atoms with E-state index in [9.17, 15) is 9.90 Å². The molecule has 5 nitrogen and oxygen atoms in total. The molecule has 1 heterocycles. The maximum absolute atomic E-state index is 11.1. The molecule has 0 aliphatic rings. The summed E-state index contributed by atoms with van der Waals surface area (Å²) in [7, 11) is 0.